The maximum absolute atomic E-state index is 10.9. The Bertz CT molecular complexity index is 944. The zero-order valence-electron chi connectivity index (χ0n) is 15.2. The highest BCUT2D eigenvalue weighted by Gasteiger charge is 2.47. The lowest BCUT2D eigenvalue weighted by Gasteiger charge is -2.43. The van der Waals surface area contributed by atoms with Gasteiger partial charge in [0.2, 0.25) is 0 Å². The van der Waals surface area contributed by atoms with E-state index in [1.165, 1.54) is 23.1 Å². The number of thioether (sulfide) groups is 1. The van der Waals surface area contributed by atoms with Crippen molar-refractivity contribution in [2.24, 2.45) is 0 Å². The summed E-state index contributed by atoms with van der Waals surface area (Å²) in [5.41, 5.74) is 0.101. The van der Waals surface area contributed by atoms with Crippen molar-refractivity contribution in [2.45, 2.75) is 34.7 Å². The van der Waals surface area contributed by atoms with Crippen LogP contribution in [0.4, 0.5) is 0 Å². The van der Waals surface area contributed by atoms with Gasteiger partial charge in [0.05, 0.1) is 12.8 Å². The van der Waals surface area contributed by atoms with E-state index in [1.54, 1.807) is 36.6 Å². The first kappa shape index (κ1) is 20.8. The van der Waals surface area contributed by atoms with Gasteiger partial charge in [-0.1, -0.05) is 17.0 Å². The van der Waals surface area contributed by atoms with Gasteiger partial charge in [0.1, 0.15) is 40.5 Å². The van der Waals surface area contributed by atoms with Gasteiger partial charge in [-0.25, -0.2) is 9.67 Å². The summed E-state index contributed by atoms with van der Waals surface area (Å²) < 4.78 is 14.1. The maximum atomic E-state index is 10.9. The summed E-state index contributed by atoms with van der Waals surface area (Å²) in [6.45, 7) is -0.337. The summed E-state index contributed by atoms with van der Waals surface area (Å²) in [5.74, 6) is 0. The zero-order valence-corrected chi connectivity index (χ0v) is 18.4. The van der Waals surface area contributed by atoms with E-state index in [1.807, 2.05) is 11.4 Å². The van der Waals surface area contributed by atoms with Crippen molar-refractivity contribution in [3.63, 3.8) is 0 Å². The van der Waals surface area contributed by atoms with Crippen LogP contribution in [0.5, 0.6) is 0 Å². The van der Waals surface area contributed by atoms with Crippen LogP contribution in [0.2, 0.25) is 0 Å². The van der Waals surface area contributed by atoms with E-state index in [-0.39, 0.29) is 6.61 Å². The summed E-state index contributed by atoms with van der Waals surface area (Å²) in [6.07, 6.45) is 4.45. The van der Waals surface area contributed by atoms with Gasteiger partial charge in [-0.05, 0) is 22.0 Å². The molecule has 3 aromatic rings. The van der Waals surface area contributed by atoms with Crippen molar-refractivity contribution in [2.75, 3.05) is 13.7 Å². The normalized spacial score (nSPS) is 27.2. The van der Waals surface area contributed by atoms with Crippen LogP contribution >= 0.6 is 39.0 Å². The number of halogens is 1. The molecule has 12 heteroatoms. The molecule has 5 atom stereocenters. The molecule has 1 aliphatic heterocycles. The molecule has 1 saturated heterocycles. The van der Waals surface area contributed by atoms with Crippen LogP contribution in [0, 0.1) is 0 Å². The number of methoxy groups -OCH3 is 1. The molecule has 9 nitrogen and oxygen atoms in total. The molecule has 1 fully saturated rings. The highest BCUT2D eigenvalue weighted by atomic mass is 79.9. The Kier molecular flexibility index (Phi) is 6.59. The molecule has 2 unspecified atom stereocenters. The van der Waals surface area contributed by atoms with Gasteiger partial charge in [0.15, 0.2) is 0 Å². The Labute approximate surface area is 183 Å². The molecule has 0 aliphatic carbocycles. The lowest BCUT2D eigenvalue weighted by molar-refractivity contribution is -0.186. The van der Waals surface area contributed by atoms with Gasteiger partial charge in [-0.2, -0.15) is 0 Å². The number of aliphatic hydroxyl groups is 2. The SMILES string of the molecule is COC1[C@@H](Sc2cncc(Br)c2)OC(CO)[C@H](O)[C@@H]1n1cc(-c2nccs2)nn1. The third-order valence-electron chi connectivity index (χ3n) is 4.50. The number of hydrogen-bond acceptors (Lipinski definition) is 10. The molecule has 1 aliphatic rings. The molecule has 4 heterocycles. The van der Waals surface area contributed by atoms with Gasteiger partial charge in [-0.3, -0.25) is 4.98 Å². The van der Waals surface area contributed by atoms with Crippen molar-refractivity contribution in [3.05, 3.63) is 40.7 Å². The largest absolute Gasteiger partial charge is 0.394 e. The second-order valence-electron chi connectivity index (χ2n) is 6.28. The summed E-state index contributed by atoms with van der Waals surface area (Å²) >= 11 is 6.26. The Hall–Kier alpha value is -1.41. The summed E-state index contributed by atoms with van der Waals surface area (Å²) in [6, 6.07) is 1.31. The Morgan fingerprint density at radius 1 is 1.41 bits per heavy atom. The second-order valence-corrected chi connectivity index (χ2v) is 9.27. The van der Waals surface area contributed by atoms with Crippen molar-refractivity contribution in [1.82, 2.24) is 25.0 Å². The third kappa shape index (κ3) is 4.38. The molecule has 0 radical (unpaired) electrons. The van der Waals surface area contributed by atoms with E-state index < -0.39 is 29.8 Å². The molecular weight excluding hydrogens is 482 g/mol. The van der Waals surface area contributed by atoms with Crippen LogP contribution in [0.1, 0.15) is 6.04 Å². The molecule has 29 heavy (non-hydrogen) atoms. The minimum Gasteiger partial charge on any atom is -0.394 e. The molecule has 2 N–H and O–H groups in total. The van der Waals surface area contributed by atoms with Gasteiger partial charge >= 0.3 is 0 Å². The van der Waals surface area contributed by atoms with Crippen molar-refractivity contribution in [3.8, 4) is 10.7 Å². The number of ether oxygens (including phenoxy) is 2. The van der Waals surface area contributed by atoms with E-state index in [2.05, 4.69) is 36.2 Å². The molecule has 0 spiro atoms. The molecule has 0 aromatic carbocycles. The van der Waals surface area contributed by atoms with Crippen LogP contribution in [0.25, 0.3) is 10.7 Å². The minimum atomic E-state index is -1.03. The van der Waals surface area contributed by atoms with E-state index in [4.69, 9.17) is 9.47 Å². The van der Waals surface area contributed by atoms with Gasteiger partial charge in [0, 0.05) is 40.4 Å². The molecule has 0 amide bonds. The van der Waals surface area contributed by atoms with Crippen LogP contribution in [-0.4, -0.2) is 72.6 Å². The number of nitrogens with zero attached hydrogens (tertiary/aromatic N) is 5. The van der Waals surface area contributed by atoms with Crippen molar-refractivity contribution >= 4 is 39.0 Å². The fraction of sp³-hybridized carbons (Fsp3) is 0.412. The molecule has 154 valence electrons. The maximum Gasteiger partial charge on any atom is 0.145 e. The predicted molar refractivity (Wildman–Crippen MR) is 111 cm³/mol. The van der Waals surface area contributed by atoms with E-state index in [0.717, 1.165) is 14.4 Å². The number of pyridine rings is 1. The predicted octanol–water partition coefficient (Wildman–Crippen LogP) is 1.99. The van der Waals surface area contributed by atoms with E-state index in [0.29, 0.717) is 5.69 Å². The third-order valence-corrected chi connectivity index (χ3v) is 6.83. The fourth-order valence-corrected chi connectivity index (χ4v) is 5.46. The standard InChI is InChI=1S/C17H18BrN5O4S2/c1-26-15-13(23-7-11(21-22-23)16-20-2-3-28-16)14(25)12(8-24)27-17(15)29-10-4-9(18)5-19-6-10/h2-7,12-15,17,24-25H,8H2,1H3/t12?,13-,14-,15?,17+/m0/s1. The highest BCUT2D eigenvalue weighted by Crippen LogP contribution is 2.39. The molecule has 3 aromatic heterocycles. The molecule has 4 rings (SSSR count). The quantitative estimate of drug-likeness (QED) is 0.524. The number of aliphatic hydroxyl groups excluding tert-OH is 2. The molecular formula is C17H18BrN5O4S2. The van der Waals surface area contributed by atoms with Crippen molar-refractivity contribution in [1.29, 1.82) is 0 Å². The summed E-state index contributed by atoms with van der Waals surface area (Å²) in [5, 5.41) is 31.6. The second kappa shape index (κ2) is 9.16. The topological polar surface area (TPSA) is 115 Å². The molecule has 0 saturated carbocycles. The van der Waals surface area contributed by atoms with Crippen LogP contribution in [-0.2, 0) is 9.47 Å². The number of hydrogen-bond donors (Lipinski definition) is 2. The lowest BCUT2D eigenvalue weighted by atomic mass is 9.97. The van der Waals surface area contributed by atoms with Crippen LogP contribution in [0.3, 0.4) is 0 Å². The average Bonchev–Trinajstić information content (AvgIpc) is 3.40. The average molecular weight is 500 g/mol. The monoisotopic (exact) mass is 499 g/mol. The smallest absolute Gasteiger partial charge is 0.145 e. The lowest BCUT2D eigenvalue weighted by Crippen LogP contribution is -2.55. The molecule has 0 bridgehead atoms. The first-order valence-electron chi connectivity index (χ1n) is 8.66. The van der Waals surface area contributed by atoms with E-state index >= 15 is 0 Å². The zero-order chi connectivity index (χ0) is 20.4. The number of rotatable bonds is 6. The van der Waals surface area contributed by atoms with Crippen LogP contribution in [0.15, 0.2) is 45.6 Å². The Balaban J connectivity index is 1.65. The van der Waals surface area contributed by atoms with Gasteiger partial charge in [-0.15, -0.1) is 16.4 Å². The van der Waals surface area contributed by atoms with Gasteiger partial charge in [0.25, 0.3) is 0 Å². The van der Waals surface area contributed by atoms with Gasteiger partial charge < -0.3 is 19.7 Å². The van der Waals surface area contributed by atoms with E-state index in [9.17, 15) is 10.2 Å². The summed E-state index contributed by atoms with van der Waals surface area (Å²) in [4.78, 5) is 9.27. The van der Waals surface area contributed by atoms with Crippen molar-refractivity contribution < 1.29 is 19.7 Å². The Morgan fingerprint density at radius 2 is 2.28 bits per heavy atom. The Morgan fingerprint density at radius 3 is 2.97 bits per heavy atom. The minimum absolute atomic E-state index is 0.337. The van der Waals surface area contributed by atoms with Crippen LogP contribution < -0.4 is 0 Å². The first-order chi connectivity index (χ1) is 14.1. The highest BCUT2D eigenvalue weighted by molar-refractivity contribution is 9.10. The first-order valence-corrected chi connectivity index (χ1v) is 11.2. The number of thiazole rings is 1. The summed E-state index contributed by atoms with van der Waals surface area (Å²) in [7, 11) is 1.55. The number of aromatic nitrogens is 5. The fourth-order valence-electron chi connectivity index (χ4n) is 3.17.